The van der Waals surface area contributed by atoms with Crippen LogP contribution in [0.2, 0.25) is 0 Å². The number of nitrogens with one attached hydrogen (secondary N) is 1. The molecule has 0 heterocycles. The molecule has 0 aliphatic carbocycles. The van der Waals surface area contributed by atoms with Crippen molar-refractivity contribution in [3.05, 3.63) is 29.3 Å². The number of phenols is 1. The van der Waals surface area contributed by atoms with Gasteiger partial charge in [0.2, 0.25) is 0 Å². The Hall–Kier alpha value is -2.08. The summed E-state index contributed by atoms with van der Waals surface area (Å²) in [4.78, 5) is 22.4. The van der Waals surface area contributed by atoms with Gasteiger partial charge in [0, 0.05) is 19.2 Å². The van der Waals surface area contributed by atoms with Crippen LogP contribution in [0.3, 0.4) is 0 Å². The van der Waals surface area contributed by atoms with Crippen molar-refractivity contribution in [2.24, 2.45) is 0 Å². The molecule has 1 aromatic carbocycles. The van der Waals surface area contributed by atoms with Crippen LogP contribution in [0.15, 0.2) is 18.2 Å². The summed E-state index contributed by atoms with van der Waals surface area (Å²) in [6, 6.07) is 4.50. The van der Waals surface area contributed by atoms with Crippen LogP contribution in [-0.2, 0) is 9.53 Å². The third-order valence-electron chi connectivity index (χ3n) is 2.68. The van der Waals surface area contributed by atoms with E-state index in [-0.39, 0.29) is 24.6 Å². The molecule has 0 spiro atoms. The van der Waals surface area contributed by atoms with Gasteiger partial charge < -0.3 is 20.3 Å². The molecular weight excluding hydrogens is 250 g/mol. The molecule has 6 nitrogen and oxygen atoms in total. The number of carboxylic acid groups (broad SMARTS) is 1. The van der Waals surface area contributed by atoms with Crippen molar-refractivity contribution in [1.29, 1.82) is 0 Å². The van der Waals surface area contributed by atoms with Gasteiger partial charge >= 0.3 is 5.97 Å². The molecule has 0 radical (unpaired) electrons. The summed E-state index contributed by atoms with van der Waals surface area (Å²) in [5.41, 5.74) is 1.00. The lowest BCUT2D eigenvalue weighted by Crippen LogP contribution is -2.34. The molecular formula is C13H17NO5. The van der Waals surface area contributed by atoms with Gasteiger partial charge in [-0.1, -0.05) is 0 Å². The van der Waals surface area contributed by atoms with Gasteiger partial charge in [-0.25, -0.2) is 0 Å². The summed E-state index contributed by atoms with van der Waals surface area (Å²) in [5, 5.41) is 20.6. The second kappa shape index (κ2) is 6.75. The zero-order chi connectivity index (χ0) is 14.4. The number of carbonyl (C=O) groups is 2. The van der Waals surface area contributed by atoms with E-state index in [0.29, 0.717) is 11.1 Å². The second-order valence-corrected chi connectivity index (χ2v) is 4.17. The van der Waals surface area contributed by atoms with E-state index >= 15 is 0 Å². The molecule has 1 rings (SSSR count). The van der Waals surface area contributed by atoms with Crippen LogP contribution in [0.25, 0.3) is 0 Å². The normalized spacial score (nSPS) is 11.9. The fraction of sp³-hybridized carbons (Fsp3) is 0.385. The molecule has 0 fully saturated rings. The van der Waals surface area contributed by atoms with Gasteiger partial charge in [0.1, 0.15) is 5.75 Å². The Kier molecular flexibility index (Phi) is 5.32. The number of benzene rings is 1. The van der Waals surface area contributed by atoms with E-state index in [4.69, 9.17) is 9.84 Å². The van der Waals surface area contributed by atoms with E-state index in [1.165, 1.54) is 19.2 Å². The van der Waals surface area contributed by atoms with E-state index in [2.05, 4.69) is 5.32 Å². The van der Waals surface area contributed by atoms with Gasteiger partial charge in [0.15, 0.2) is 0 Å². The maximum atomic E-state index is 11.8. The minimum absolute atomic E-state index is 0.113. The van der Waals surface area contributed by atoms with Crippen LogP contribution in [0.4, 0.5) is 0 Å². The molecule has 0 saturated heterocycles. The van der Waals surface area contributed by atoms with E-state index in [9.17, 15) is 14.7 Å². The lowest BCUT2D eigenvalue weighted by molar-refractivity contribution is -0.139. The van der Waals surface area contributed by atoms with Gasteiger partial charge in [0.05, 0.1) is 12.5 Å². The molecule has 0 aromatic heterocycles. The number of aliphatic carboxylic acids is 1. The quantitative estimate of drug-likeness (QED) is 0.712. The van der Waals surface area contributed by atoms with Gasteiger partial charge in [-0.15, -0.1) is 0 Å². The molecule has 104 valence electrons. The van der Waals surface area contributed by atoms with Crippen LogP contribution in [0.1, 0.15) is 22.3 Å². The number of carboxylic acids is 1. The van der Waals surface area contributed by atoms with Crippen LogP contribution in [-0.4, -0.2) is 41.8 Å². The Labute approximate surface area is 111 Å². The smallest absolute Gasteiger partial charge is 0.306 e. The molecule has 0 aliphatic heterocycles. The number of aryl methyl sites for hydroxylation is 1. The molecule has 1 aromatic rings. The van der Waals surface area contributed by atoms with Gasteiger partial charge in [0.25, 0.3) is 5.91 Å². The topological polar surface area (TPSA) is 95.9 Å². The first kappa shape index (κ1) is 15.0. The highest BCUT2D eigenvalue weighted by Gasteiger charge is 2.14. The number of hydrogen-bond acceptors (Lipinski definition) is 4. The van der Waals surface area contributed by atoms with Gasteiger partial charge in [-0.2, -0.15) is 0 Å². The summed E-state index contributed by atoms with van der Waals surface area (Å²) in [6.45, 7) is 1.80. The van der Waals surface area contributed by atoms with Crippen molar-refractivity contribution >= 4 is 11.9 Å². The Morgan fingerprint density at radius 3 is 2.63 bits per heavy atom. The third kappa shape index (κ3) is 4.59. The molecule has 1 atom stereocenters. The highest BCUT2D eigenvalue weighted by atomic mass is 16.5. The average Bonchev–Trinajstić information content (AvgIpc) is 2.36. The Balaban J connectivity index is 2.59. The zero-order valence-electron chi connectivity index (χ0n) is 10.8. The molecule has 19 heavy (non-hydrogen) atoms. The predicted molar refractivity (Wildman–Crippen MR) is 68.2 cm³/mol. The highest BCUT2D eigenvalue weighted by molar-refractivity contribution is 5.94. The number of methoxy groups -OCH3 is 1. The second-order valence-electron chi connectivity index (χ2n) is 4.17. The summed E-state index contributed by atoms with van der Waals surface area (Å²) < 4.78 is 4.95. The van der Waals surface area contributed by atoms with Crippen LogP contribution < -0.4 is 5.32 Å². The van der Waals surface area contributed by atoms with Crippen LogP contribution >= 0.6 is 0 Å². The molecule has 3 N–H and O–H groups in total. The van der Waals surface area contributed by atoms with E-state index < -0.39 is 12.1 Å². The Morgan fingerprint density at radius 2 is 2.11 bits per heavy atom. The summed E-state index contributed by atoms with van der Waals surface area (Å²) in [7, 11) is 1.39. The maximum absolute atomic E-state index is 11.8. The fourth-order valence-corrected chi connectivity index (χ4v) is 1.54. The molecule has 0 bridgehead atoms. The monoisotopic (exact) mass is 267 g/mol. The first-order valence-electron chi connectivity index (χ1n) is 5.76. The van der Waals surface area contributed by atoms with Crippen molar-refractivity contribution in [3.63, 3.8) is 0 Å². The molecule has 1 unspecified atom stereocenters. The fourth-order valence-electron chi connectivity index (χ4n) is 1.54. The number of carbonyl (C=O) groups excluding carboxylic acids is 1. The number of ether oxygens (including phenoxy) is 1. The summed E-state index contributed by atoms with van der Waals surface area (Å²) >= 11 is 0. The maximum Gasteiger partial charge on any atom is 0.306 e. The molecule has 1 amide bonds. The number of aromatic hydroxyl groups is 1. The minimum atomic E-state index is -0.985. The van der Waals surface area contributed by atoms with Crippen molar-refractivity contribution < 1.29 is 24.5 Å². The Bertz CT molecular complexity index is 472. The van der Waals surface area contributed by atoms with E-state index in [1.54, 1.807) is 13.0 Å². The Morgan fingerprint density at radius 1 is 1.42 bits per heavy atom. The van der Waals surface area contributed by atoms with Crippen molar-refractivity contribution in [1.82, 2.24) is 5.32 Å². The van der Waals surface area contributed by atoms with E-state index in [1.807, 2.05) is 0 Å². The number of rotatable bonds is 6. The molecule has 0 aliphatic rings. The first-order valence-corrected chi connectivity index (χ1v) is 5.76. The van der Waals surface area contributed by atoms with Crippen LogP contribution in [0.5, 0.6) is 5.75 Å². The van der Waals surface area contributed by atoms with Gasteiger partial charge in [-0.3, -0.25) is 9.59 Å². The first-order chi connectivity index (χ1) is 8.93. The van der Waals surface area contributed by atoms with E-state index in [0.717, 1.165) is 0 Å². The largest absolute Gasteiger partial charge is 0.508 e. The highest BCUT2D eigenvalue weighted by Crippen LogP contribution is 2.16. The number of hydrogen-bond donors (Lipinski definition) is 3. The van der Waals surface area contributed by atoms with Crippen molar-refractivity contribution in [3.8, 4) is 5.75 Å². The van der Waals surface area contributed by atoms with Crippen LogP contribution in [0, 0.1) is 6.92 Å². The zero-order valence-corrected chi connectivity index (χ0v) is 10.8. The summed E-state index contributed by atoms with van der Waals surface area (Å²) in [5.74, 6) is -1.20. The predicted octanol–water partition coefficient (Wildman–Crippen LogP) is 0.920. The summed E-state index contributed by atoms with van der Waals surface area (Å²) in [6.07, 6.45) is -0.745. The molecule has 0 saturated carbocycles. The minimum Gasteiger partial charge on any atom is -0.508 e. The van der Waals surface area contributed by atoms with Crippen molar-refractivity contribution in [2.75, 3.05) is 13.7 Å². The lowest BCUT2D eigenvalue weighted by Gasteiger charge is -2.14. The number of phenolic OH excluding ortho intramolecular Hbond substituents is 1. The average molecular weight is 267 g/mol. The standard InChI is InChI=1S/C13H17NO5/c1-8-5-9(3-4-11(8)15)13(18)14-7-10(19-2)6-12(16)17/h3-5,10,15H,6-7H2,1-2H3,(H,14,18)(H,16,17). The number of amides is 1. The van der Waals surface area contributed by atoms with Gasteiger partial charge in [-0.05, 0) is 30.7 Å². The van der Waals surface area contributed by atoms with Crippen molar-refractivity contribution in [2.45, 2.75) is 19.4 Å². The third-order valence-corrected chi connectivity index (χ3v) is 2.68. The SMILES string of the molecule is COC(CNC(=O)c1ccc(O)c(C)c1)CC(=O)O. The lowest BCUT2D eigenvalue weighted by atomic mass is 10.1. The molecule has 6 heteroatoms.